The van der Waals surface area contributed by atoms with Crippen molar-refractivity contribution in [1.29, 1.82) is 0 Å². The van der Waals surface area contributed by atoms with Gasteiger partial charge in [-0.15, -0.1) is 0 Å². The molecule has 2 aromatic rings. The van der Waals surface area contributed by atoms with E-state index >= 15 is 0 Å². The number of nitrogens with one attached hydrogen (secondary N) is 1. The van der Waals surface area contributed by atoms with E-state index in [1.54, 1.807) is 0 Å². The Bertz CT molecular complexity index is 612. The molecule has 2 rings (SSSR count). The van der Waals surface area contributed by atoms with Crippen molar-refractivity contribution >= 4 is 23.2 Å². The van der Waals surface area contributed by atoms with Crippen LogP contribution in [0.25, 0.3) is 0 Å². The van der Waals surface area contributed by atoms with Gasteiger partial charge in [-0.1, -0.05) is 0 Å². The number of rotatable bonds is 2. The van der Waals surface area contributed by atoms with Crippen LogP contribution in [0.15, 0.2) is 28.7 Å². The predicted molar refractivity (Wildman–Crippen MR) is 58.0 cm³/mol. The molecule has 0 saturated heterocycles. The van der Waals surface area contributed by atoms with Gasteiger partial charge in [0.25, 0.3) is 5.91 Å². The average molecular weight is 276 g/mol. The lowest BCUT2D eigenvalue weighted by Crippen LogP contribution is -2.13. The Morgan fingerprint density at radius 1 is 1.11 bits per heavy atom. The molecule has 94 valence electrons. The first-order chi connectivity index (χ1) is 8.49. The number of carbonyl (C=O) groups excluding carboxylic acids is 1. The molecule has 0 aliphatic rings. The molecule has 0 aliphatic carbocycles. The number of amides is 1. The van der Waals surface area contributed by atoms with E-state index in [-0.39, 0.29) is 11.0 Å². The first-order valence-electron chi connectivity index (χ1n) is 4.69. The highest BCUT2D eigenvalue weighted by atomic mass is 35.5. The smallest absolute Gasteiger partial charge is 0.291 e. The third-order valence-corrected chi connectivity index (χ3v) is 2.28. The van der Waals surface area contributed by atoms with E-state index in [2.05, 4.69) is 0 Å². The van der Waals surface area contributed by atoms with Crippen molar-refractivity contribution in [3.63, 3.8) is 0 Å². The summed E-state index contributed by atoms with van der Waals surface area (Å²) in [6, 6.07) is 4.17. The maximum atomic E-state index is 13.3. The van der Waals surface area contributed by atoms with E-state index in [0.29, 0.717) is 6.07 Å². The van der Waals surface area contributed by atoms with Gasteiger partial charge in [-0.3, -0.25) is 4.79 Å². The fourth-order valence-corrected chi connectivity index (χ4v) is 1.39. The highest BCUT2D eigenvalue weighted by molar-refractivity contribution is 6.29. The zero-order valence-corrected chi connectivity index (χ0v) is 9.39. The second-order valence-electron chi connectivity index (χ2n) is 3.28. The number of halogens is 4. The van der Waals surface area contributed by atoms with Crippen LogP contribution >= 0.6 is 11.6 Å². The van der Waals surface area contributed by atoms with Gasteiger partial charge in [0.1, 0.15) is 0 Å². The Kier molecular flexibility index (Phi) is 3.29. The second-order valence-corrected chi connectivity index (χ2v) is 3.65. The molecule has 0 aliphatic heterocycles. The molecule has 1 N–H and O–H groups in total. The van der Waals surface area contributed by atoms with Crippen LogP contribution in [0.1, 0.15) is 10.6 Å². The molecular weight excluding hydrogens is 271 g/mol. The summed E-state index contributed by atoms with van der Waals surface area (Å²) in [7, 11) is 0. The molecule has 0 bridgehead atoms. The van der Waals surface area contributed by atoms with Crippen LogP contribution in [0, 0.1) is 17.5 Å². The molecule has 0 unspecified atom stereocenters. The number of carbonyl (C=O) groups is 1. The van der Waals surface area contributed by atoms with Crippen molar-refractivity contribution in [2.45, 2.75) is 0 Å². The molecular formula is C11H5ClF3NO2. The fraction of sp³-hybridized carbons (Fsp3) is 0. The minimum Gasteiger partial charge on any atom is -0.440 e. The molecule has 1 aromatic heterocycles. The topological polar surface area (TPSA) is 42.2 Å². The third kappa shape index (κ3) is 2.33. The summed E-state index contributed by atoms with van der Waals surface area (Å²) in [5.74, 6) is -5.49. The van der Waals surface area contributed by atoms with E-state index in [0.717, 1.165) is 6.07 Å². The van der Waals surface area contributed by atoms with Gasteiger partial charge in [0.2, 0.25) is 0 Å². The number of hydrogen-bond acceptors (Lipinski definition) is 2. The van der Waals surface area contributed by atoms with E-state index in [1.165, 1.54) is 12.1 Å². The maximum absolute atomic E-state index is 13.3. The van der Waals surface area contributed by atoms with Crippen molar-refractivity contribution < 1.29 is 22.4 Å². The highest BCUT2D eigenvalue weighted by Crippen LogP contribution is 2.21. The lowest BCUT2D eigenvalue weighted by molar-refractivity contribution is 0.0996. The van der Waals surface area contributed by atoms with Gasteiger partial charge in [0, 0.05) is 0 Å². The lowest BCUT2D eigenvalue weighted by atomic mass is 10.2. The van der Waals surface area contributed by atoms with Crippen molar-refractivity contribution in [3.05, 3.63) is 52.7 Å². The van der Waals surface area contributed by atoms with Crippen molar-refractivity contribution in [1.82, 2.24) is 0 Å². The highest BCUT2D eigenvalue weighted by Gasteiger charge is 2.17. The summed E-state index contributed by atoms with van der Waals surface area (Å²) in [5, 5.41) is 2.01. The Hall–Kier alpha value is -1.95. The van der Waals surface area contributed by atoms with Gasteiger partial charge in [-0.2, -0.15) is 0 Å². The molecule has 7 heteroatoms. The molecule has 3 nitrogen and oxygen atoms in total. The van der Waals surface area contributed by atoms with Gasteiger partial charge >= 0.3 is 0 Å². The van der Waals surface area contributed by atoms with Crippen molar-refractivity contribution in [3.8, 4) is 0 Å². The quantitative estimate of drug-likeness (QED) is 0.851. The Morgan fingerprint density at radius 3 is 2.44 bits per heavy atom. The Balaban J connectivity index is 2.25. The second kappa shape index (κ2) is 4.73. The first kappa shape index (κ1) is 12.5. The number of anilines is 1. The Morgan fingerprint density at radius 2 is 1.83 bits per heavy atom. The zero-order chi connectivity index (χ0) is 13.3. The number of hydrogen-bond donors (Lipinski definition) is 1. The standard InChI is InChI=1S/C11H5ClF3NO2/c12-8-4-3-7(18-8)11(17)16-6-2-1-5(13)9(14)10(6)15/h1-4H,(H,16,17). The van der Waals surface area contributed by atoms with Gasteiger partial charge in [0.15, 0.2) is 28.4 Å². The molecule has 18 heavy (non-hydrogen) atoms. The number of benzene rings is 1. The molecule has 0 fully saturated rings. The van der Waals surface area contributed by atoms with Crippen molar-refractivity contribution in [2.24, 2.45) is 0 Å². The van der Waals surface area contributed by atoms with Gasteiger partial charge in [-0.25, -0.2) is 13.2 Å². The van der Waals surface area contributed by atoms with E-state index in [4.69, 9.17) is 16.0 Å². The summed E-state index contributed by atoms with van der Waals surface area (Å²) in [6.45, 7) is 0. The van der Waals surface area contributed by atoms with Gasteiger partial charge in [0.05, 0.1) is 5.69 Å². The molecule has 0 atom stereocenters. The minimum atomic E-state index is -1.66. The summed E-state index contributed by atoms with van der Waals surface area (Å²) in [4.78, 5) is 11.5. The van der Waals surface area contributed by atoms with E-state index < -0.39 is 29.0 Å². The van der Waals surface area contributed by atoms with Crippen LogP contribution in [0.3, 0.4) is 0 Å². The first-order valence-corrected chi connectivity index (χ1v) is 5.07. The van der Waals surface area contributed by atoms with E-state index in [9.17, 15) is 18.0 Å². The average Bonchev–Trinajstić information content (AvgIpc) is 2.77. The van der Waals surface area contributed by atoms with Gasteiger partial charge < -0.3 is 9.73 Å². The molecule has 1 amide bonds. The van der Waals surface area contributed by atoms with Crippen LogP contribution in [0.2, 0.25) is 5.22 Å². The number of furan rings is 1. The van der Waals surface area contributed by atoms with Gasteiger partial charge in [-0.05, 0) is 35.9 Å². The SMILES string of the molecule is O=C(Nc1ccc(F)c(F)c1F)c1ccc(Cl)o1. The van der Waals surface area contributed by atoms with Crippen LogP contribution in [-0.4, -0.2) is 5.91 Å². The molecule has 1 heterocycles. The summed E-state index contributed by atoms with van der Waals surface area (Å²) in [5.41, 5.74) is -0.494. The largest absolute Gasteiger partial charge is 0.440 e. The monoisotopic (exact) mass is 275 g/mol. The van der Waals surface area contributed by atoms with Crippen molar-refractivity contribution in [2.75, 3.05) is 5.32 Å². The van der Waals surface area contributed by atoms with Crippen LogP contribution < -0.4 is 5.32 Å². The lowest BCUT2D eigenvalue weighted by Gasteiger charge is -2.05. The predicted octanol–water partition coefficient (Wildman–Crippen LogP) is 3.60. The van der Waals surface area contributed by atoms with E-state index in [1.807, 2.05) is 5.32 Å². The molecule has 1 aromatic carbocycles. The van der Waals surface area contributed by atoms with Crippen LogP contribution in [0.4, 0.5) is 18.9 Å². The van der Waals surface area contributed by atoms with Crippen LogP contribution in [-0.2, 0) is 0 Å². The summed E-state index contributed by atoms with van der Waals surface area (Å²) in [6.07, 6.45) is 0. The summed E-state index contributed by atoms with van der Waals surface area (Å²) < 4.78 is 43.6. The maximum Gasteiger partial charge on any atom is 0.291 e. The molecule has 0 saturated carbocycles. The summed E-state index contributed by atoms with van der Waals surface area (Å²) >= 11 is 5.45. The zero-order valence-electron chi connectivity index (χ0n) is 8.64. The minimum absolute atomic E-state index is 0.0223. The fourth-order valence-electron chi connectivity index (χ4n) is 1.24. The third-order valence-electron chi connectivity index (χ3n) is 2.08. The Labute approximate surface area is 104 Å². The molecule has 0 spiro atoms. The van der Waals surface area contributed by atoms with Crippen LogP contribution in [0.5, 0.6) is 0 Å². The normalized spacial score (nSPS) is 10.4. The molecule has 0 radical (unpaired) electrons.